The van der Waals surface area contributed by atoms with Crippen molar-refractivity contribution < 1.29 is 0 Å². The smallest absolute Gasteiger partial charge is 0.0484 e. The molecule has 0 bridgehead atoms. The molecule has 1 N–H and O–H groups in total. The van der Waals surface area contributed by atoms with Crippen molar-refractivity contribution in [2.75, 3.05) is 19.6 Å². The third kappa shape index (κ3) is 3.02. The van der Waals surface area contributed by atoms with E-state index < -0.39 is 0 Å². The van der Waals surface area contributed by atoms with E-state index in [1.54, 1.807) is 11.1 Å². The summed E-state index contributed by atoms with van der Waals surface area (Å²) >= 11 is 0. The van der Waals surface area contributed by atoms with Crippen LogP contribution < -0.4 is 5.32 Å². The van der Waals surface area contributed by atoms with Crippen LogP contribution in [0.2, 0.25) is 0 Å². The fraction of sp³-hybridized carbons (Fsp3) is 0.684. The van der Waals surface area contributed by atoms with Crippen molar-refractivity contribution in [3.63, 3.8) is 0 Å². The predicted molar refractivity (Wildman–Crippen MR) is 87.4 cm³/mol. The first-order valence-electron chi connectivity index (χ1n) is 8.90. The Labute approximate surface area is 128 Å². The molecule has 2 fully saturated rings. The number of likely N-dealkylation sites (N-methyl/N-ethyl adjacent to an activating group) is 1. The number of hydrogen-bond donors (Lipinski definition) is 1. The van der Waals surface area contributed by atoms with Gasteiger partial charge in [0.2, 0.25) is 0 Å². The van der Waals surface area contributed by atoms with Crippen molar-refractivity contribution in [1.29, 1.82) is 0 Å². The molecule has 21 heavy (non-hydrogen) atoms. The Morgan fingerprint density at radius 2 is 1.71 bits per heavy atom. The van der Waals surface area contributed by atoms with E-state index in [0.717, 1.165) is 18.4 Å². The summed E-state index contributed by atoms with van der Waals surface area (Å²) in [6.45, 7) is 5.99. The first kappa shape index (κ1) is 13.8. The molecule has 3 aliphatic rings. The van der Waals surface area contributed by atoms with Crippen molar-refractivity contribution in [2.45, 2.75) is 51.1 Å². The highest BCUT2D eigenvalue weighted by molar-refractivity contribution is 5.37. The lowest BCUT2D eigenvalue weighted by Gasteiger charge is -2.34. The minimum atomic E-state index is 0.545. The Hall–Kier alpha value is -0.860. The maximum atomic E-state index is 3.78. The normalized spacial score (nSPS) is 28.1. The standard InChI is InChI=1S/C19H28N2/c1-2-20-19-17-6-4-3-5-16(17)11-18(19)21(12-14-7-8-14)13-15-9-10-15/h3-6,14-15,18-20H,2,7-13H2,1H3. The lowest BCUT2D eigenvalue weighted by Crippen LogP contribution is -2.45. The summed E-state index contributed by atoms with van der Waals surface area (Å²) in [6.07, 6.45) is 7.10. The summed E-state index contributed by atoms with van der Waals surface area (Å²) in [7, 11) is 0. The van der Waals surface area contributed by atoms with Crippen molar-refractivity contribution in [3.8, 4) is 0 Å². The van der Waals surface area contributed by atoms with Crippen LogP contribution in [0.4, 0.5) is 0 Å². The second-order valence-corrected chi connectivity index (χ2v) is 7.35. The van der Waals surface area contributed by atoms with Crippen molar-refractivity contribution in [2.24, 2.45) is 11.8 Å². The van der Waals surface area contributed by atoms with Crippen LogP contribution in [0.5, 0.6) is 0 Å². The molecular weight excluding hydrogens is 256 g/mol. The molecule has 2 saturated carbocycles. The number of rotatable bonds is 7. The molecule has 2 nitrogen and oxygen atoms in total. The van der Waals surface area contributed by atoms with Gasteiger partial charge in [-0.15, -0.1) is 0 Å². The van der Waals surface area contributed by atoms with Crippen LogP contribution in [0.3, 0.4) is 0 Å². The molecule has 4 rings (SSSR count). The summed E-state index contributed by atoms with van der Waals surface area (Å²) in [5.41, 5.74) is 3.13. The highest BCUT2D eigenvalue weighted by atomic mass is 15.2. The van der Waals surface area contributed by atoms with Gasteiger partial charge < -0.3 is 5.32 Å². The zero-order valence-corrected chi connectivity index (χ0v) is 13.2. The zero-order valence-electron chi connectivity index (χ0n) is 13.2. The van der Waals surface area contributed by atoms with Gasteiger partial charge in [0, 0.05) is 25.2 Å². The van der Waals surface area contributed by atoms with E-state index in [1.807, 2.05) is 0 Å². The second kappa shape index (κ2) is 5.73. The minimum absolute atomic E-state index is 0.545. The van der Waals surface area contributed by atoms with Crippen LogP contribution >= 0.6 is 0 Å². The first-order valence-corrected chi connectivity index (χ1v) is 8.90. The van der Waals surface area contributed by atoms with Gasteiger partial charge in [0.1, 0.15) is 0 Å². The lowest BCUT2D eigenvalue weighted by atomic mass is 10.0. The maximum absolute atomic E-state index is 3.78. The SMILES string of the molecule is CCNC1c2ccccc2CC1N(CC1CC1)CC1CC1. The minimum Gasteiger partial charge on any atom is -0.309 e. The van der Waals surface area contributed by atoms with E-state index >= 15 is 0 Å². The van der Waals surface area contributed by atoms with Gasteiger partial charge in [0.25, 0.3) is 0 Å². The molecule has 0 spiro atoms. The molecule has 0 saturated heterocycles. The van der Waals surface area contributed by atoms with Crippen molar-refractivity contribution in [3.05, 3.63) is 35.4 Å². The monoisotopic (exact) mass is 284 g/mol. The van der Waals surface area contributed by atoms with E-state index in [1.165, 1.54) is 45.2 Å². The highest BCUT2D eigenvalue weighted by Gasteiger charge is 2.39. The average molecular weight is 284 g/mol. The fourth-order valence-corrected chi connectivity index (χ4v) is 3.99. The molecule has 0 aromatic heterocycles. The molecule has 2 unspecified atom stereocenters. The van der Waals surface area contributed by atoms with Crippen molar-refractivity contribution in [1.82, 2.24) is 10.2 Å². The molecule has 1 aromatic rings. The van der Waals surface area contributed by atoms with E-state index in [9.17, 15) is 0 Å². The van der Waals surface area contributed by atoms with Gasteiger partial charge in [0.05, 0.1) is 0 Å². The van der Waals surface area contributed by atoms with Crippen LogP contribution in [0.25, 0.3) is 0 Å². The van der Waals surface area contributed by atoms with E-state index in [2.05, 4.69) is 41.4 Å². The van der Waals surface area contributed by atoms with Crippen molar-refractivity contribution >= 4 is 0 Å². The van der Waals surface area contributed by atoms with Crippen LogP contribution in [0.15, 0.2) is 24.3 Å². The molecule has 2 heteroatoms. The largest absolute Gasteiger partial charge is 0.309 e. The van der Waals surface area contributed by atoms with Gasteiger partial charge in [-0.05, 0) is 61.6 Å². The predicted octanol–water partition coefficient (Wildman–Crippen LogP) is 3.38. The molecule has 0 aliphatic heterocycles. The van der Waals surface area contributed by atoms with Gasteiger partial charge in [-0.25, -0.2) is 0 Å². The Morgan fingerprint density at radius 1 is 1.05 bits per heavy atom. The number of hydrogen-bond acceptors (Lipinski definition) is 2. The Morgan fingerprint density at radius 3 is 2.33 bits per heavy atom. The Kier molecular flexibility index (Phi) is 3.76. The Balaban J connectivity index is 1.55. The third-order valence-corrected chi connectivity index (χ3v) is 5.48. The average Bonchev–Trinajstić information content (AvgIpc) is 3.41. The molecule has 3 aliphatic carbocycles. The zero-order chi connectivity index (χ0) is 14.2. The van der Waals surface area contributed by atoms with Gasteiger partial charge in [-0.3, -0.25) is 4.90 Å². The van der Waals surface area contributed by atoms with Gasteiger partial charge in [0.15, 0.2) is 0 Å². The Bertz CT molecular complexity index is 476. The van der Waals surface area contributed by atoms with Crippen LogP contribution in [-0.2, 0) is 6.42 Å². The lowest BCUT2D eigenvalue weighted by molar-refractivity contribution is 0.153. The molecule has 0 heterocycles. The topological polar surface area (TPSA) is 15.3 Å². The molecule has 2 atom stereocenters. The van der Waals surface area contributed by atoms with Gasteiger partial charge in [-0.1, -0.05) is 31.2 Å². The summed E-state index contributed by atoms with van der Waals surface area (Å²) in [4.78, 5) is 2.85. The quantitative estimate of drug-likeness (QED) is 0.825. The fourth-order valence-electron chi connectivity index (χ4n) is 3.99. The third-order valence-electron chi connectivity index (χ3n) is 5.48. The number of benzene rings is 1. The van der Waals surface area contributed by atoms with Crippen LogP contribution in [0, 0.1) is 11.8 Å². The number of fused-ring (bicyclic) bond motifs is 1. The molecule has 0 amide bonds. The van der Waals surface area contributed by atoms with E-state index in [4.69, 9.17) is 0 Å². The molecule has 0 radical (unpaired) electrons. The van der Waals surface area contributed by atoms with Gasteiger partial charge >= 0.3 is 0 Å². The van der Waals surface area contributed by atoms with Crippen LogP contribution in [0.1, 0.15) is 49.8 Å². The highest BCUT2D eigenvalue weighted by Crippen LogP contribution is 2.40. The van der Waals surface area contributed by atoms with Crippen LogP contribution in [-0.4, -0.2) is 30.6 Å². The first-order chi connectivity index (χ1) is 10.3. The number of nitrogens with one attached hydrogen (secondary N) is 1. The number of nitrogens with zero attached hydrogens (tertiary/aromatic N) is 1. The molecular formula is C19H28N2. The van der Waals surface area contributed by atoms with E-state index in [0.29, 0.717) is 12.1 Å². The van der Waals surface area contributed by atoms with E-state index in [-0.39, 0.29) is 0 Å². The summed E-state index contributed by atoms with van der Waals surface area (Å²) in [5, 5.41) is 3.78. The summed E-state index contributed by atoms with van der Waals surface area (Å²) < 4.78 is 0. The molecule has 114 valence electrons. The molecule has 1 aromatic carbocycles. The van der Waals surface area contributed by atoms with Gasteiger partial charge in [-0.2, -0.15) is 0 Å². The summed E-state index contributed by atoms with van der Waals surface area (Å²) in [5.74, 6) is 1.99. The maximum Gasteiger partial charge on any atom is 0.0484 e. The summed E-state index contributed by atoms with van der Waals surface area (Å²) in [6, 6.07) is 10.3. The second-order valence-electron chi connectivity index (χ2n) is 7.35.